The lowest BCUT2D eigenvalue weighted by Gasteiger charge is -2.26. The molecule has 0 saturated carbocycles. The maximum absolute atomic E-state index is 13.7. The molecule has 0 fully saturated rings. The number of nitrogens with one attached hydrogen (secondary N) is 1. The molecule has 1 amide bonds. The summed E-state index contributed by atoms with van der Waals surface area (Å²) < 4.78 is 49.3. The fourth-order valence-electron chi connectivity index (χ4n) is 2.62. The lowest BCUT2D eigenvalue weighted by atomic mass is 10.2. The van der Waals surface area contributed by atoms with Crippen molar-refractivity contribution in [1.29, 1.82) is 4.78 Å². The predicted octanol–water partition coefficient (Wildman–Crippen LogP) is 3.20. The van der Waals surface area contributed by atoms with E-state index >= 15 is 0 Å². The van der Waals surface area contributed by atoms with E-state index in [0.29, 0.717) is 0 Å². The largest absolute Gasteiger partial charge is 0.446 e. The minimum absolute atomic E-state index is 0.0843. The molecule has 3 rings (SSSR count). The van der Waals surface area contributed by atoms with Crippen LogP contribution in [0.4, 0.5) is 15.0 Å². The number of anilines is 1. The van der Waals surface area contributed by atoms with Crippen molar-refractivity contribution in [3.63, 3.8) is 0 Å². The number of aromatic nitrogens is 4. The van der Waals surface area contributed by atoms with Crippen molar-refractivity contribution in [3.05, 3.63) is 39.0 Å². The Kier molecular flexibility index (Phi) is 6.74. The molecule has 3 aromatic rings. The van der Waals surface area contributed by atoms with Crippen LogP contribution in [0, 0.1) is 10.6 Å². The van der Waals surface area contributed by atoms with Gasteiger partial charge in [0.15, 0.2) is 5.69 Å². The SMILES string of the molecule is CC(C)(C)OC(=O)N(CCS(C)(=N)=O)c1nonc1-c1noc(=O)n1-c1ccc(F)c(Br)c1. The topological polar surface area (TPSA) is 157 Å². The van der Waals surface area contributed by atoms with Crippen LogP contribution >= 0.6 is 15.9 Å². The Morgan fingerprint density at radius 3 is 2.64 bits per heavy atom. The Hall–Kier alpha value is -3.07. The minimum atomic E-state index is -2.98. The van der Waals surface area contributed by atoms with E-state index in [9.17, 15) is 18.2 Å². The van der Waals surface area contributed by atoms with Crippen LogP contribution in [0.2, 0.25) is 0 Å². The number of carbonyl (C=O) groups is 1. The van der Waals surface area contributed by atoms with Gasteiger partial charge in [0.05, 0.1) is 10.2 Å². The molecule has 2 heterocycles. The Morgan fingerprint density at radius 1 is 1.33 bits per heavy atom. The summed E-state index contributed by atoms with van der Waals surface area (Å²) in [5.74, 6) is -2.05. The Bertz CT molecular complexity index is 1340. The first-order chi connectivity index (χ1) is 15.3. The molecule has 0 aliphatic carbocycles. The van der Waals surface area contributed by atoms with Gasteiger partial charge in [0.2, 0.25) is 11.6 Å². The molecule has 2 aromatic heterocycles. The molecule has 0 spiro atoms. The predicted molar refractivity (Wildman–Crippen MR) is 118 cm³/mol. The summed E-state index contributed by atoms with van der Waals surface area (Å²) in [6.45, 7) is 4.74. The van der Waals surface area contributed by atoms with Crippen LogP contribution in [0.1, 0.15) is 20.8 Å². The average molecular weight is 547 g/mol. The standard InChI is InChI=1S/C18H20BrFN6O6S/c1-18(2,3)30-16(27)25(7-8-33(4,21)29)14-13(22-32-24-14)15-23-31-17(28)26(15)10-5-6-12(20)11(19)9-10/h5-6,9,21H,7-8H2,1-4H3. The van der Waals surface area contributed by atoms with E-state index in [-0.39, 0.29) is 39.8 Å². The van der Waals surface area contributed by atoms with Gasteiger partial charge in [-0.3, -0.25) is 18.4 Å². The lowest BCUT2D eigenvalue weighted by Crippen LogP contribution is -2.40. The summed E-state index contributed by atoms with van der Waals surface area (Å²) >= 11 is 3.05. The normalized spacial score (nSPS) is 13.5. The lowest BCUT2D eigenvalue weighted by molar-refractivity contribution is 0.0580. The van der Waals surface area contributed by atoms with Gasteiger partial charge in [-0.15, -0.1) is 0 Å². The van der Waals surface area contributed by atoms with Gasteiger partial charge >= 0.3 is 11.8 Å². The summed E-state index contributed by atoms with van der Waals surface area (Å²) in [6, 6.07) is 3.76. The smallest absolute Gasteiger partial charge is 0.443 e. The molecule has 15 heteroatoms. The maximum Gasteiger partial charge on any atom is 0.446 e. The number of nitrogens with zero attached hydrogens (tertiary/aromatic N) is 5. The Morgan fingerprint density at radius 2 is 2.03 bits per heavy atom. The molecular formula is C18H20BrFN6O6S. The highest BCUT2D eigenvalue weighted by atomic mass is 79.9. The van der Waals surface area contributed by atoms with Gasteiger partial charge in [-0.2, -0.15) is 0 Å². The van der Waals surface area contributed by atoms with Crippen LogP contribution in [0.25, 0.3) is 17.2 Å². The van der Waals surface area contributed by atoms with Crippen molar-refractivity contribution < 1.29 is 27.3 Å². The number of benzene rings is 1. The number of hydrogen-bond donors (Lipinski definition) is 1. The minimum Gasteiger partial charge on any atom is -0.443 e. The maximum atomic E-state index is 13.7. The Labute approximate surface area is 195 Å². The molecular weight excluding hydrogens is 527 g/mol. The first-order valence-electron chi connectivity index (χ1n) is 9.36. The molecule has 0 saturated heterocycles. The summed E-state index contributed by atoms with van der Waals surface area (Å²) in [4.78, 5) is 26.2. The third-order valence-electron chi connectivity index (χ3n) is 4.02. The monoisotopic (exact) mass is 546 g/mol. The molecule has 0 bridgehead atoms. The molecule has 0 aliphatic rings. The quantitative estimate of drug-likeness (QED) is 0.489. The van der Waals surface area contributed by atoms with Gasteiger partial charge in [-0.25, -0.2) is 23.2 Å². The highest BCUT2D eigenvalue weighted by Crippen LogP contribution is 2.29. The molecule has 178 valence electrons. The van der Waals surface area contributed by atoms with Crippen LogP contribution in [0.15, 0.2) is 36.6 Å². The van der Waals surface area contributed by atoms with Crippen LogP contribution < -0.4 is 10.7 Å². The van der Waals surface area contributed by atoms with E-state index in [1.54, 1.807) is 20.8 Å². The van der Waals surface area contributed by atoms with E-state index in [4.69, 9.17) is 18.7 Å². The first-order valence-corrected chi connectivity index (χ1v) is 12.3. The van der Waals surface area contributed by atoms with Crippen LogP contribution in [0.5, 0.6) is 0 Å². The van der Waals surface area contributed by atoms with Crippen LogP contribution in [-0.2, 0) is 14.5 Å². The molecule has 0 aliphatic heterocycles. The zero-order chi connectivity index (χ0) is 24.6. The van der Waals surface area contributed by atoms with Gasteiger partial charge < -0.3 is 4.74 Å². The van der Waals surface area contributed by atoms with Gasteiger partial charge in [0.1, 0.15) is 11.4 Å². The average Bonchev–Trinajstić information content (AvgIpc) is 3.28. The van der Waals surface area contributed by atoms with E-state index in [2.05, 4.69) is 31.4 Å². The van der Waals surface area contributed by atoms with Gasteiger partial charge in [-0.05, 0) is 65.2 Å². The molecule has 1 unspecified atom stereocenters. The van der Waals surface area contributed by atoms with Crippen molar-refractivity contribution in [2.24, 2.45) is 0 Å². The van der Waals surface area contributed by atoms with Gasteiger partial charge in [0, 0.05) is 28.3 Å². The van der Waals surface area contributed by atoms with Crippen LogP contribution in [0.3, 0.4) is 0 Å². The summed E-state index contributed by atoms with van der Waals surface area (Å²) in [5, 5.41) is 11.2. The number of carbonyl (C=O) groups excluding carboxylic acids is 1. The third-order valence-corrected chi connectivity index (χ3v) is 5.59. The fraction of sp³-hybridized carbons (Fsp3) is 0.389. The summed E-state index contributed by atoms with van der Waals surface area (Å²) in [7, 11) is -2.98. The molecule has 1 aromatic carbocycles. The van der Waals surface area contributed by atoms with Crippen molar-refractivity contribution >= 4 is 37.6 Å². The van der Waals surface area contributed by atoms with Crippen molar-refractivity contribution in [3.8, 4) is 17.2 Å². The molecule has 33 heavy (non-hydrogen) atoms. The van der Waals surface area contributed by atoms with E-state index in [0.717, 1.165) is 15.5 Å². The third kappa shape index (κ3) is 5.84. The van der Waals surface area contributed by atoms with Crippen LogP contribution in [-0.4, -0.2) is 54.5 Å². The van der Waals surface area contributed by atoms with E-state index < -0.39 is 33.0 Å². The number of rotatable bonds is 6. The van der Waals surface area contributed by atoms with E-state index in [1.807, 2.05) is 0 Å². The zero-order valence-electron chi connectivity index (χ0n) is 18.0. The highest BCUT2D eigenvalue weighted by molar-refractivity contribution is 9.10. The van der Waals surface area contributed by atoms with Crippen molar-refractivity contribution in [2.45, 2.75) is 26.4 Å². The highest BCUT2D eigenvalue weighted by Gasteiger charge is 2.32. The van der Waals surface area contributed by atoms with Crippen molar-refractivity contribution in [2.75, 3.05) is 23.5 Å². The molecule has 1 N–H and O–H groups in total. The Balaban J connectivity index is 2.11. The van der Waals surface area contributed by atoms with E-state index in [1.165, 1.54) is 18.4 Å². The summed E-state index contributed by atoms with van der Waals surface area (Å²) in [6.07, 6.45) is 0.356. The number of halogens is 2. The second kappa shape index (κ2) is 9.05. The molecule has 1 atom stereocenters. The van der Waals surface area contributed by atoms with Gasteiger partial charge in [0.25, 0.3) is 0 Å². The second-order valence-electron chi connectivity index (χ2n) is 7.98. The molecule has 12 nitrogen and oxygen atoms in total. The first kappa shape index (κ1) is 24.6. The number of hydrogen-bond acceptors (Lipinski definition) is 10. The molecule has 0 radical (unpaired) electrons. The zero-order valence-corrected chi connectivity index (χ0v) is 20.4. The fourth-order valence-corrected chi connectivity index (χ4v) is 3.52. The second-order valence-corrected chi connectivity index (χ2v) is 11.3. The number of ether oxygens (including phenoxy) is 1. The van der Waals surface area contributed by atoms with Crippen molar-refractivity contribution in [1.82, 2.24) is 20.0 Å². The van der Waals surface area contributed by atoms with Gasteiger partial charge in [-0.1, -0.05) is 5.16 Å². The summed E-state index contributed by atoms with van der Waals surface area (Å²) in [5.41, 5.74) is -0.859. The number of amides is 1.